The molecule has 1 aromatic heterocycles. The largest absolute Gasteiger partial charge is 0.504 e. The number of nitrogens with one attached hydrogen (secondary N) is 2. The van der Waals surface area contributed by atoms with Gasteiger partial charge < -0.3 is 25.0 Å². The van der Waals surface area contributed by atoms with Crippen molar-refractivity contribution >= 4 is 33.5 Å². The smallest absolute Gasteiger partial charge is 0.163 e. The number of hydrogen-bond acceptors (Lipinski definition) is 5. The van der Waals surface area contributed by atoms with Crippen LogP contribution in [0.3, 0.4) is 0 Å². The minimum absolute atomic E-state index is 0.00510. The summed E-state index contributed by atoms with van der Waals surface area (Å²) in [6.45, 7) is 5.91. The minimum Gasteiger partial charge on any atom is -0.504 e. The zero-order valence-electron chi connectivity index (χ0n) is 20.0. The number of nitrogens with zero attached hydrogens (tertiary/aromatic N) is 3. The molecule has 0 radical (unpaired) electrons. The molecule has 8 heteroatoms. The summed E-state index contributed by atoms with van der Waals surface area (Å²) >= 11 is 0. The van der Waals surface area contributed by atoms with Gasteiger partial charge in [0.1, 0.15) is 17.8 Å². The molecule has 2 heterocycles. The molecule has 4 aromatic rings. The lowest BCUT2D eigenvalue weighted by Gasteiger charge is -2.32. The molecule has 8 nitrogen and oxygen atoms in total. The van der Waals surface area contributed by atoms with Crippen molar-refractivity contribution < 1.29 is 9.84 Å². The van der Waals surface area contributed by atoms with E-state index in [9.17, 15) is 5.11 Å². The van der Waals surface area contributed by atoms with Crippen molar-refractivity contribution in [2.75, 3.05) is 13.1 Å². The molecule has 0 atom stereocenters. The third-order valence-corrected chi connectivity index (χ3v) is 6.86. The normalized spacial score (nSPS) is 14.5. The molecule has 1 fully saturated rings. The maximum Gasteiger partial charge on any atom is 0.163 e. The van der Waals surface area contributed by atoms with Gasteiger partial charge in [0.25, 0.3) is 0 Å². The molecule has 0 spiro atoms. The Morgan fingerprint density at radius 3 is 2.51 bits per heavy atom. The van der Waals surface area contributed by atoms with Crippen molar-refractivity contribution in [1.29, 1.82) is 10.8 Å². The summed E-state index contributed by atoms with van der Waals surface area (Å²) in [5, 5.41) is 28.4. The van der Waals surface area contributed by atoms with E-state index in [4.69, 9.17) is 21.3 Å². The van der Waals surface area contributed by atoms with Crippen LogP contribution in [0.15, 0.2) is 48.5 Å². The van der Waals surface area contributed by atoms with Crippen molar-refractivity contribution in [1.82, 2.24) is 14.5 Å². The number of rotatable bonds is 5. The number of benzene rings is 3. The fraction of sp³-hybridized carbons (Fsp3) is 0.296. The number of hydrogen-bond donors (Lipinski definition) is 4. The molecule has 1 saturated heterocycles. The van der Waals surface area contributed by atoms with Gasteiger partial charge in [-0.15, -0.1) is 0 Å². The standard InChI is InChI=1S/C27H30N6O2/c1-16(28)32-11-9-19(10-12-32)35-26-14-24-23(13-25(26)34)31-17(2)33(24)15-18-7-8-22(27(29)30)21-6-4-3-5-20(18)21/h3-8,13-14,19,28,34H,9-12,15H2,1-2H3,(H3,29,30). The first-order valence-corrected chi connectivity index (χ1v) is 11.8. The lowest BCUT2D eigenvalue weighted by atomic mass is 9.99. The van der Waals surface area contributed by atoms with Gasteiger partial charge in [0.05, 0.1) is 16.9 Å². The first-order valence-electron chi connectivity index (χ1n) is 11.8. The Morgan fingerprint density at radius 1 is 1.11 bits per heavy atom. The van der Waals surface area contributed by atoms with Crippen LogP contribution in [0, 0.1) is 17.7 Å². The molecular formula is C27H30N6O2. The second-order valence-electron chi connectivity index (χ2n) is 9.17. The fourth-order valence-corrected chi connectivity index (χ4v) is 4.95. The predicted molar refractivity (Wildman–Crippen MR) is 139 cm³/mol. The predicted octanol–water partition coefficient (Wildman–Crippen LogP) is 4.38. The van der Waals surface area contributed by atoms with Crippen LogP contribution in [-0.2, 0) is 6.54 Å². The molecule has 3 aromatic carbocycles. The summed E-state index contributed by atoms with van der Waals surface area (Å²) in [6, 6.07) is 15.4. The molecule has 5 rings (SSSR count). The van der Waals surface area contributed by atoms with Crippen LogP contribution in [0.5, 0.6) is 11.5 Å². The number of aromatic hydroxyl groups is 1. The molecule has 0 amide bonds. The first kappa shape index (κ1) is 22.7. The Balaban J connectivity index is 1.48. The zero-order chi connectivity index (χ0) is 24.7. The molecule has 35 heavy (non-hydrogen) atoms. The second-order valence-corrected chi connectivity index (χ2v) is 9.17. The number of nitrogens with two attached hydrogens (primary N) is 1. The van der Waals surface area contributed by atoms with Crippen molar-refractivity contribution in [3.8, 4) is 11.5 Å². The number of likely N-dealkylation sites (tertiary alicyclic amines) is 1. The molecule has 1 aliphatic rings. The number of aromatic nitrogens is 2. The van der Waals surface area contributed by atoms with Crippen LogP contribution in [0.1, 0.15) is 36.7 Å². The van der Waals surface area contributed by atoms with Crippen LogP contribution >= 0.6 is 0 Å². The highest BCUT2D eigenvalue weighted by Crippen LogP contribution is 2.34. The number of fused-ring (bicyclic) bond motifs is 2. The van der Waals surface area contributed by atoms with E-state index in [1.807, 2.05) is 54.3 Å². The maximum absolute atomic E-state index is 10.6. The topological polar surface area (TPSA) is 124 Å². The van der Waals surface area contributed by atoms with Gasteiger partial charge in [0.15, 0.2) is 11.5 Å². The van der Waals surface area contributed by atoms with Crippen LogP contribution < -0.4 is 10.5 Å². The van der Waals surface area contributed by atoms with Crippen molar-refractivity contribution in [3.63, 3.8) is 0 Å². The highest BCUT2D eigenvalue weighted by molar-refractivity contribution is 6.08. The highest BCUT2D eigenvalue weighted by Gasteiger charge is 2.23. The van der Waals surface area contributed by atoms with Crippen molar-refractivity contribution in [2.24, 2.45) is 5.73 Å². The van der Waals surface area contributed by atoms with Gasteiger partial charge in [0.2, 0.25) is 0 Å². The van der Waals surface area contributed by atoms with Gasteiger partial charge in [-0.05, 0) is 30.2 Å². The molecule has 0 bridgehead atoms. The SMILES string of the molecule is CC(=N)N1CCC(Oc2cc3c(cc2O)nc(C)n3Cc2ccc(C(=N)N)c3ccccc23)CC1. The number of aryl methyl sites for hydroxylation is 1. The number of nitrogen functional groups attached to an aromatic ring is 1. The van der Waals surface area contributed by atoms with E-state index >= 15 is 0 Å². The van der Waals surface area contributed by atoms with Crippen molar-refractivity contribution in [2.45, 2.75) is 39.3 Å². The average molecular weight is 471 g/mol. The molecule has 5 N–H and O–H groups in total. The molecule has 0 aliphatic carbocycles. The van der Waals surface area contributed by atoms with Crippen molar-refractivity contribution in [3.05, 3.63) is 65.5 Å². The summed E-state index contributed by atoms with van der Waals surface area (Å²) in [4.78, 5) is 6.72. The Morgan fingerprint density at radius 2 is 1.83 bits per heavy atom. The van der Waals surface area contributed by atoms with E-state index < -0.39 is 0 Å². The summed E-state index contributed by atoms with van der Waals surface area (Å²) in [5.41, 5.74) is 9.24. The molecule has 180 valence electrons. The van der Waals surface area contributed by atoms with E-state index in [0.29, 0.717) is 23.6 Å². The Labute approximate surface area is 204 Å². The molecule has 1 aliphatic heterocycles. The zero-order valence-corrected chi connectivity index (χ0v) is 20.0. The van der Waals surface area contributed by atoms with Crippen LogP contribution in [0.4, 0.5) is 0 Å². The van der Waals surface area contributed by atoms with Gasteiger partial charge in [-0.3, -0.25) is 10.8 Å². The van der Waals surface area contributed by atoms with E-state index in [1.54, 1.807) is 13.0 Å². The van der Waals surface area contributed by atoms with Gasteiger partial charge in [-0.1, -0.05) is 36.4 Å². The third kappa shape index (κ3) is 4.27. The van der Waals surface area contributed by atoms with E-state index in [-0.39, 0.29) is 17.7 Å². The van der Waals surface area contributed by atoms with E-state index in [1.165, 1.54) is 0 Å². The monoisotopic (exact) mass is 470 g/mol. The molecule has 0 saturated carbocycles. The maximum atomic E-state index is 10.6. The van der Waals surface area contributed by atoms with Gasteiger partial charge >= 0.3 is 0 Å². The summed E-state index contributed by atoms with van der Waals surface area (Å²) < 4.78 is 8.35. The third-order valence-electron chi connectivity index (χ3n) is 6.86. The number of amidine groups is 2. The number of phenolic OH excluding ortho intramolecular Hbond substituents is 1. The lowest BCUT2D eigenvalue weighted by Crippen LogP contribution is -2.40. The number of ether oxygens (including phenoxy) is 1. The first-order chi connectivity index (χ1) is 16.8. The number of piperidine rings is 1. The van der Waals surface area contributed by atoms with Gasteiger partial charge in [-0.25, -0.2) is 4.98 Å². The fourth-order valence-electron chi connectivity index (χ4n) is 4.95. The summed E-state index contributed by atoms with van der Waals surface area (Å²) in [7, 11) is 0. The van der Waals surface area contributed by atoms with Gasteiger partial charge in [-0.2, -0.15) is 0 Å². The Hall–Kier alpha value is -4.07. The quantitative estimate of drug-likeness (QED) is 0.255. The molecular weight excluding hydrogens is 440 g/mol. The number of imidazole rings is 1. The second kappa shape index (κ2) is 8.94. The minimum atomic E-state index is -0.00510. The van der Waals surface area contributed by atoms with Crippen LogP contribution in [0.25, 0.3) is 21.8 Å². The highest BCUT2D eigenvalue weighted by atomic mass is 16.5. The lowest BCUT2D eigenvalue weighted by molar-refractivity contribution is 0.127. The van der Waals surface area contributed by atoms with Crippen LogP contribution in [-0.4, -0.2) is 50.4 Å². The van der Waals surface area contributed by atoms with Crippen LogP contribution in [0.2, 0.25) is 0 Å². The average Bonchev–Trinajstić information content (AvgIpc) is 3.13. The Kier molecular flexibility index (Phi) is 5.80. The number of phenols is 1. The van der Waals surface area contributed by atoms with E-state index in [2.05, 4.69) is 9.55 Å². The van der Waals surface area contributed by atoms with E-state index in [0.717, 1.165) is 59.2 Å². The van der Waals surface area contributed by atoms with Gasteiger partial charge in [0, 0.05) is 50.2 Å². The summed E-state index contributed by atoms with van der Waals surface area (Å²) in [6.07, 6.45) is 1.61. The molecule has 0 unspecified atom stereocenters. The summed E-state index contributed by atoms with van der Waals surface area (Å²) in [5.74, 6) is 2.02. The Bertz CT molecular complexity index is 1450.